The lowest BCUT2D eigenvalue weighted by Crippen LogP contribution is -2.16. The maximum atomic E-state index is 13.2. The van der Waals surface area contributed by atoms with Gasteiger partial charge in [0.15, 0.2) is 0 Å². The fourth-order valence-electron chi connectivity index (χ4n) is 1.89. The molecule has 3 aromatic rings. The highest BCUT2D eigenvalue weighted by Gasteiger charge is 2.31. The molecule has 1 aromatic heterocycles. The van der Waals surface area contributed by atoms with Gasteiger partial charge in [-0.2, -0.15) is 4.98 Å². The minimum atomic E-state index is -4.75. The second kappa shape index (κ2) is 5.71. The van der Waals surface area contributed by atoms with E-state index < -0.39 is 12.2 Å². The summed E-state index contributed by atoms with van der Waals surface area (Å²) in [5.74, 6) is -0.524. The minimum Gasteiger partial charge on any atom is -0.406 e. The fraction of sp³-hybridized carbons (Fsp3) is 0.0667. The zero-order valence-electron chi connectivity index (χ0n) is 11.3. The summed E-state index contributed by atoms with van der Waals surface area (Å²) in [6, 6.07) is 10.6. The van der Waals surface area contributed by atoms with Crippen molar-refractivity contribution in [1.29, 1.82) is 0 Å². The van der Waals surface area contributed by atoms with Crippen molar-refractivity contribution in [2.24, 2.45) is 0 Å². The first-order chi connectivity index (χ1) is 10.9. The summed E-state index contributed by atoms with van der Waals surface area (Å²) in [4.78, 5) is 4.09. The highest BCUT2D eigenvalue weighted by molar-refractivity contribution is 5.60. The van der Waals surface area contributed by atoms with E-state index in [0.29, 0.717) is 11.1 Å². The average molecular weight is 324 g/mol. The average Bonchev–Trinajstić information content (AvgIpc) is 2.96. The Bertz CT molecular complexity index is 813. The molecule has 0 bridgehead atoms. The standard InChI is InChI=1S/C15H8F4N2O2/c16-11-3-1-2-10(8-11)14-20-13(21-23-14)9-4-6-12(7-5-9)22-15(17,18)19/h1-8H. The summed E-state index contributed by atoms with van der Waals surface area (Å²) in [6.45, 7) is 0. The van der Waals surface area contributed by atoms with Gasteiger partial charge in [0, 0.05) is 11.1 Å². The van der Waals surface area contributed by atoms with Crippen LogP contribution in [0.15, 0.2) is 53.1 Å². The molecule has 0 unspecified atom stereocenters. The first-order valence-corrected chi connectivity index (χ1v) is 6.36. The van der Waals surface area contributed by atoms with Crippen LogP contribution in [0.5, 0.6) is 5.75 Å². The molecule has 0 aliphatic heterocycles. The molecule has 0 atom stereocenters. The van der Waals surface area contributed by atoms with E-state index in [2.05, 4.69) is 14.9 Å². The number of nitrogens with zero attached hydrogens (tertiary/aromatic N) is 2. The lowest BCUT2D eigenvalue weighted by Gasteiger charge is -2.08. The van der Waals surface area contributed by atoms with Crippen LogP contribution in [0.4, 0.5) is 17.6 Å². The van der Waals surface area contributed by atoms with Crippen LogP contribution >= 0.6 is 0 Å². The molecule has 0 radical (unpaired) electrons. The highest BCUT2D eigenvalue weighted by atomic mass is 19.4. The smallest absolute Gasteiger partial charge is 0.406 e. The van der Waals surface area contributed by atoms with E-state index in [1.165, 1.54) is 30.3 Å². The predicted octanol–water partition coefficient (Wildman–Crippen LogP) is 4.44. The molecule has 3 rings (SSSR count). The molecule has 0 aliphatic carbocycles. The number of hydrogen-bond donors (Lipinski definition) is 0. The van der Waals surface area contributed by atoms with E-state index in [4.69, 9.17) is 4.52 Å². The Morgan fingerprint density at radius 2 is 1.70 bits per heavy atom. The van der Waals surface area contributed by atoms with Gasteiger partial charge >= 0.3 is 6.36 Å². The Kier molecular flexibility index (Phi) is 3.73. The molecule has 2 aromatic carbocycles. The quantitative estimate of drug-likeness (QED) is 0.668. The lowest BCUT2D eigenvalue weighted by molar-refractivity contribution is -0.274. The third-order valence-corrected chi connectivity index (χ3v) is 2.84. The van der Waals surface area contributed by atoms with Crippen LogP contribution in [0.25, 0.3) is 22.8 Å². The van der Waals surface area contributed by atoms with E-state index >= 15 is 0 Å². The van der Waals surface area contributed by atoms with Crippen LogP contribution in [0.2, 0.25) is 0 Å². The number of aromatic nitrogens is 2. The number of rotatable bonds is 3. The van der Waals surface area contributed by atoms with Gasteiger partial charge in [-0.3, -0.25) is 0 Å². The number of halogens is 4. The van der Waals surface area contributed by atoms with E-state index in [1.54, 1.807) is 6.07 Å². The molecule has 0 spiro atoms. The number of ether oxygens (including phenoxy) is 1. The third kappa shape index (κ3) is 3.65. The molecule has 0 saturated heterocycles. The van der Waals surface area contributed by atoms with Crippen LogP contribution in [0.1, 0.15) is 0 Å². The van der Waals surface area contributed by atoms with Crippen molar-refractivity contribution in [2.75, 3.05) is 0 Å². The Labute approximate surface area is 127 Å². The second-order valence-electron chi connectivity index (χ2n) is 4.51. The molecule has 23 heavy (non-hydrogen) atoms. The molecule has 0 N–H and O–H groups in total. The summed E-state index contributed by atoms with van der Waals surface area (Å²) < 4.78 is 58.3. The molecule has 0 fully saturated rings. The van der Waals surface area contributed by atoms with Crippen molar-refractivity contribution in [3.63, 3.8) is 0 Å². The van der Waals surface area contributed by atoms with Crippen molar-refractivity contribution in [1.82, 2.24) is 10.1 Å². The molecule has 8 heteroatoms. The van der Waals surface area contributed by atoms with Crippen LogP contribution < -0.4 is 4.74 Å². The zero-order valence-corrected chi connectivity index (χ0v) is 11.3. The van der Waals surface area contributed by atoms with E-state index in [-0.39, 0.29) is 17.5 Å². The number of hydrogen-bond acceptors (Lipinski definition) is 4. The molecule has 118 valence electrons. The van der Waals surface area contributed by atoms with Crippen molar-refractivity contribution < 1.29 is 26.8 Å². The van der Waals surface area contributed by atoms with Gasteiger partial charge in [0.05, 0.1) is 0 Å². The summed E-state index contributed by atoms with van der Waals surface area (Å²) in [6.07, 6.45) is -4.75. The van der Waals surface area contributed by atoms with Crippen LogP contribution in [0, 0.1) is 5.82 Å². The minimum absolute atomic E-state index is 0.107. The predicted molar refractivity (Wildman–Crippen MR) is 71.8 cm³/mol. The Morgan fingerprint density at radius 3 is 2.35 bits per heavy atom. The molecular weight excluding hydrogens is 316 g/mol. The molecule has 0 saturated carbocycles. The summed E-state index contributed by atoms with van der Waals surface area (Å²) in [5, 5.41) is 3.73. The van der Waals surface area contributed by atoms with Gasteiger partial charge < -0.3 is 9.26 Å². The van der Waals surface area contributed by atoms with Crippen molar-refractivity contribution in [3.05, 3.63) is 54.3 Å². The second-order valence-corrected chi connectivity index (χ2v) is 4.51. The van der Waals surface area contributed by atoms with Crippen molar-refractivity contribution in [2.45, 2.75) is 6.36 Å². The van der Waals surface area contributed by atoms with E-state index in [9.17, 15) is 17.6 Å². The van der Waals surface area contributed by atoms with E-state index in [0.717, 1.165) is 12.1 Å². The van der Waals surface area contributed by atoms with Gasteiger partial charge in [0.2, 0.25) is 5.82 Å². The number of benzene rings is 2. The van der Waals surface area contributed by atoms with Gasteiger partial charge in [-0.25, -0.2) is 4.39 Å². The Morgan fingerprint density at radius 1 is 0.957 bits per heavy atom. The Hall–Kier alpha value is -2.90. The fourth-order valence-corrected chi connectivity index (χ4v) is 1.89. The van der Waals surface area contributed by atoms with Gasteiger partial charge in [0.25, 0.3) is 5.89 Å². The first kappa shape index (κ1) is 15.0. The van der Waals surface area contributed by atoms with Crippen LogP contribution in [0.3, 0.4) is 0 Å². The topological polar surface area (TPSA) is 48.2 Å². The maximum Gasteiger partial charge on any atom is 0.573 e. The molecule has 4 nitrogen and oxygen atoms in total. The Balaban J connectivity index is 1.83. The zero-order chi connectivity index (χ0) is 16.4. The van der Waals surface area contributed by atoms with Crippen molar-refractivity contribution >= 4 is 0 Å². The maximum absolute atomic E-state index is 13.2. The molecular formula is C15H8F4N2O2. The summed E-state index contributed by atoms with van der Waals surface area (Å²) in [5.41, 5.74) is 0.840. The molecule has 0 amide bonds. The van der Waals surface area contributed by atoms with Gasteiger partial charge in [-0.1, -0.05) is 11.2 Å². The largest absolute Gasteiger partial charge is 0.573 e. The van der Waals surface area contributed by atoms with Gasteiger partial charge in [0.1, 0.15) is 11.6 Å². The van der Waals surface area contributed by atoms with Crippen LogP contribution in [-0.2, 0) is 0 Å². The van der Waals surface area contributed by atoms with Gasteiger partial charge in [-0.15, -0.1) is 13.2 Å². The number of alkyl halides is 3. The van der Waals surface area contributed by atoms with Gasteiger partial charge in [-0.05, 0) is 42.5 Å². The summed E-state index contributed by atoms with van der Waals surface area (Å²) >= 11 is 0. The summed E-state index contributed by atoms with van der Waals surface area (Å²) in [7, 11) is 0. The lowest BCUT2D eigenvalue weighted by atomic mass is 10.2. The van der Waals surface area contributed by atoms with Crippen molar-refractivity contribution in [3.8, 4) is 28.6 Å². The molecule has 0 aliphatic rings. The van der Waals surface area contributed by atoms with Crippen LogP contribution in [-0.4, -0.2) is 16.5 Å². The first-order valence-electron chi connectivity index (χ1n) is 6.36. The van der Waals surface area contributed by atoms with E-state index in [1.807, 2.05) is 0 Å². The molecule has 1 heterocycles. The third-order valence-electron chi connectivity index (χ3n) is 2.84. The highest BCUT2D eigenvalue weighted by Crippen LogP contribution is 2.27. The normalized spacial score (nSPS) is 11.5. The SMILES string of the molecule is Fc1cccc(-c2nc(-c3ccc(OC(F)(F)F)cc3)no2)c1. The monoisotopic (exact) mass is 324 g/mol.